The zero-order valence-corrected chi connectivity index (χ0v) is 13.1. The molecular weight excluding hydrogens is 338 g/mol. The Morgan fingerprint density at radius 2 is 1.96 bits per heavy atom. The summed E-state index contributed by atoms with van der Waals surface area (Å²) < 4.78 is 34.1. The molecule has 0 unspecified atom stereocenters. The van der Waals surface area contributed by atoms with Gasteiger partial charge in [-0.3, -0.25) is 14.8 Å². The van der Waals surface area contributed by atoms with Crippen LogP contribution < -0.4 is 9.46 Å². The molecule has 0 aliphatic heterocycles. The van der Waals surface area contributed by atoms with Crippen molar-refractivity contribution in [3.05, 3.63) is 53.1 Å². The zero-order valence-electron chi connectivity index (χ0n) is 12.3. The molecule has 0 aliphatic rings. The van der Waals surface area contributed by atoms with Crippen molar-refractivity contribution in [2.75, 3.05) is 11.8 Å². The summed E-state index contributed by atoms with van der Waals surface area (Å²) in [6.07, 6.45) is 6.18. The third-order valence-corrected chi connectivity index (χ3v) is 4.57. The molecule has 0 aliphatic carbocycles. The molecule has 2 aromatic heterocycles. The van der Waals surface area contributed by atoms with Gasteiger partial charge in [0, 0.05) is 30.9 Å². The number of ether oxygens (including phenoxy) is 1. The van der Waals surface area contributed by atoms with Crippen molar-refractivity contribution in [2.24, 2.45) is 0 Å². The second-order valence-electron chi connectivity index (χ2n) is 4.63. The summed E-state index contributed by atoms with van der Waals surface area (Å²) in [5.74, 6) is -0.116. The molecule has 0 saturated carbocycles. The fraction of sp³-hybridized carbons (Fsp3) is 0.0769. The average molecular weight is 349 g/mol. The van der Waals surface area contributed by atoms with Gasteiger partial charge >= 0.3 is 0 Å². The highest BCUT2D eigenvalue weighted by atomic mass is 32.2. The number of imidazole rings is 1. The van der Waals surface area contributed by atoms with Crippen molar-refractivity contribution in [3.63, 3.8) is 0 Å². The van der Waals surface area contributed by atoms with E-state index in [1.807, 2.05) is 0 Å². The number of sulfonamides is 1. The fourth-order valence-electron chi connectivity index (χ4n) is 2.10. The van der Waals surface area contributed by atoms with Gasteiger partial charge in [-0.25, -0.2) is 18.4 Å². The van der Waals surface area contributed by atoms with Crippen molar-refractivity contribution in [1.82, 2.24) is 14.4 Å². The molecule has 3 aromatic rings. The molecule has 3 rings (SSSR count). The summed E-state index contributed by atoms with van der Waals surface area (Å²) in [7, 11) is -2.85. The normalized spacial score (nSPS) is 11.4. The molecule has 0 atom stereocenters. The number of hydrogen-bond donors (Lipinski definition) is 1. The number of nitrogens with zero attached hydrogens (tertiary/aromatic N) is 4. The van der Waals surface area contributed by atoms with E-state index < -0.39 is 14.9 Å². The van der Waals surface area contributed by atoms with Gasteiger partial charge < -0.3 is 9.14 Å². The summed E-state index contributed by atoms with van der Waals surface area (Å²) >= 11 is 0. The maximum Gasteiger partial charge on any atom is 0.273 e. The minimum absolute atomic E-state index is 0.0305. The SMILES string of the molecule is COc1cc([N+](=O)[O-])ccc1S(=O)(=O)Nc1nccn2ccnc12. The molecule has 0 spiro atoms. The van der Waals surface area contributed by atoms with Crippen LogP contribution in [0.15, 0.2) is 47.9 Å². The summed E-state index contributed by atoms with van der Waals surface area (Å²) in [5, 5.41) is 10.8. The maximum absolute atomic E-state index is 12.6. The highest BCUT2D eigenvalue weighted by Crippen LogP contribution is 2.29. The van der Waals surface area contributed by atoms with E-state index in [0.29, 0.717) is 5.65 Å². The second kappa shape index (κ2) is 5.77. The lowest BCUT2D eigenvalue weighted by molar-refractivity contribution is -0.385. The van der Waals surface area contributed by atoms with E-state index in [9.17, 15) is 18.5 Å². The van der Waals surface area contributed by atoms with Crippen LogP contribution in [0.5, 0.6) is 5.75 Å². The van der Waals surface area contributed by atoms with Crippen LogP contribution >= 0.6 is 0 Å². The largest absolute Gasteiger partial charge is 0.495 e. The van der Waals surface area contributed by atoms with Crippen LogP contribution in [0.25, 0.3) is 5.65 Å². The van der Waals surface area contributed by atoms with E-state index >= 15 is 0 Å². The van der Waals surface area contributed by atoms with E-state index in [1.165, 1.54) is 19.5 Å². The van der Waals surface area contributed by atoms with Crippen molar-refractivity contribution >= 4 is 27.2 Å². The number of anilines is 1. The second-order valence-corrected chi connectivity index (χ2v) is 6.28. The predicted octanol–water partition coefficient (Wildman–Crippen LogP) is 1.45. The van der Waals surface area contributed by atoms with Gasteiger partial charge in [0.25, 0.3) is 15.7 Å². The molecule has 0 saturated heterocycles. The Kier molecular flexibility index (Phi) is 3.77. The van der Waals surface area contributed by atoms with Crippen LogP contribution in [0, 0.1) is 10.1 Å². The summed E-state index contributed by atoms with van der Waals surface area (Å²) in [6.45, 7) is 0. The van der Waals surface area contributed by atoms with Crippen LogP contribution in [0.2, 0.25) is 0 Å². The van der Waals surface area contributed by atoms with E-state index in [-0.39, 0.29) is 22.2 Å². The van der Waals surface area contributed by atoms with Gasteiger partial charge in [-0.1, -0.05) is 0 Å². The fourth-order valence-corrected chi connectivity index (χ4v) is 3.26. The van der Waals surface area contributed by atoms with Crippen LogP contribution in [-0.4, -0.2) is 34.8 Å². The van der Waals surface area contributed by atoms with Crippen LogP contribution in [0.1, 0.15) is 0 Å². The highest BCUT2D eigenvalue weighted by molar-refractivity contribution is 7.92. The lowest BCUT2D eigenvalue weighted by Gasteiger charge is -2.11. The lowest BCUT2D eigenvalue weighted by Crippen LogP contribution is -2.16. The van der Waals surface area contributed by atoms with Crippen molar-refractivity contribution < 1.29 is 18.1 Å². The number of methoxy groups -OCH3 is 1. The van der Waals surface area contributed by atoms with E-state index in [1.54, 1.807) is 16.8 Å². The average Bonchev–Trinajstić information content (AvgIpc) is 3.03. The molecule has 1 aromatic carbocycles. The number of non-ortho nitro benzene ring substituents is 1. The van der Waals surface area contributed by atoms with Crippen LogP contribution in [0.4, 0.5) is 11.5 Å². The highest BCUT2D eigenvalue weighted by Gasteiger charge is 2.23. The first-order valence-corrected chi connectivity index (χ1v) is 8.03. The van der Waals surface area contributed by atoms with Gasteiger partial charge in [0.05, 0.1) is 18.1 Å². The predicted molar refractivity (Wildman–Crippen MR) is 83.4 cm³/mol. The number of nitro groups is 1. The first kappa shape index (κ1) is 15.7. The maximum atomic E-state index is 12.6. The number of nitro benzene ring substituents is 1. The van der Waals surface area contributed by atoms with Gasteiger partial charge in [0.2, 0.25) is 0 Å². The third-order valence-electron chi connectivity index (χ3n) is 3.19. The molecule has 10 nitrogen and oxygen atoms in total. The van der Waals surface area contributed by atoms with Gasteiger partial charge in [0.15, 0.2) is 11.5 Å². The first-order valence-electron chi connectivity index (χ1n) is 6.55. The first-order chi connectivity index (χ1) is 11.4. The summed E-state index contributed by atoms with van der Waals surface area (Å²) in [5.41, 5.74) is 0.0428. The van der Waals surface area contributed by atoms with Gasteiger partial charge in [-0.15, -0.1) is 0 Å². The molecule has 0 radical (unpaired) electrons. The molecule has 2 heterocycles. The smallest absolute Gasteiger partial charge is 0.273 e. The van der Waals surface area contributed by atoms with Gasteiger partial charge in [-0.2, -0.15) is 0 Å². The minimum Gasteiger partial charge on any atom is -0.495 e. The Morgan fingerprint density at radius 1 is 1.25 bits per heavy atom. The van der Waals surface area contributed by atoms with E-state index in [4.69, 9.17) is 4.74 Å². The number of rotatable bonds is 5. The Bertz CT molecular complexity index is 1030. The number of aromatic nitrogens is 3. The third kappa shape index (κ3) is 2.72. The lowest BCUT2D eigenvalue weighted by atomic mass is 10.3. The van der Waals surface area contributed by atoms with Gasteiger partial charge in [0.1, 0.15) is 10.6 Å². The van der Waals surface area contributed by atoms with Crippen molar-refractivity contribution in [1.29, 1.82) is 0 Å². The van der Waals surface area contributed by atoms with E-state index in [0.717, 1.165) is 18.2 Å². The standard InChI is InChI=1S/C13H11N5O5S/c1-23-10-8-9(18(19)20)2-3-11(10)24(21,22)16-12-13-15-5-7-17(13)6-4-14-12/h2-8H,1H3,(H,14,16). The number of hydrogen-bond acceptors (Lipinski definition) is 7. The molecule has 124 valence electrons. The number of fused-ring (bicyclic) bond motifs is 1. The number of nitrogens with one attached hydrogen (secondary N) is 1. The molecule has 0 amide bonds. The Hall–Kier alpha value is -3.21. The molecular formula is C13H11N5O5S. The topological polar surface area (TPSA) is 129 Å². The molecule has 1 N–H and O–H groups in total. The zero-order chi connectivity index (χ0) is 17.3. The van der Waals surface area contributed by atoms with Gasteiger partial charge in [-0.05, 0) is 6.07 Å². The van der Waals surface area contributed by atoms with Crippen molar-refractivity contribution in [2.45, 2.75) is 4.90 Å². The number of benzene rings is 1. The summed E-state index contributed by atoms with van der Waals surface area (Å²) in [6, 6.07) is 3.23. The quantitative estimate of drug-likeness (QED) is 0.545. The molecule has 24 heavy (non-hydrogen) atoms. The Labute approximate surface area is 135 Å². The molecule has 0 bridgehead atoms. The molecule has 0 fully saturated rings. The monoisotopic (exact) mass is 349 g/mol. The van der Waals surface area contributed by atoms with E-state index in [2.05, 4.69) is 14.7 Å². The Balaban J connectivity index is 2.05. The van der Waals surface area contributed by atoms with Crippen molar-refractivity contribution in [3.8, 4) is 5.75 Å². The summed E-state index contributed by atoms with van der Waals surface area (Å²) in [4.78, 5) is 17.9. The molecule has 11 heteroatoms. The van der Waals surface area contributed by atoms with Crippen LogP contribution in [0.3, 0.4) is 0 Å². The Morgan fingerprint density at radius 3 is 2.62 bits per heavy atom. The minimum atomic E-state index is -4.08. The van der Waals surface area contributed by atoms with Crippen LogP contribution in [-0.2, 0) is 10.0 Å².